The summed E-state index contributed by atoms with van der Waals surface area (Å²) in [6, 6.07) is -0.569. The van der Waals surface area contributed by atoms with Gasteiger partial charge in [-0.3, -0.25) is 4.79 Å². The highest BCUT2D eigenvalue weighted by atomic mass is 16.3. The van der Waals surface area contributed by atoms with E-state index in [1.54, 1.807) is 0 Å². The lowest BCUT2D eigenvalue weighted by atomic mass is 10.0. The first-order valence-corrected chi connectivity index (χ1v) is 22.5. The number of amides is 1. The van der Waals surface area contributed by atoms with Crippen molar-refractivity contribution in [3.63, 3.8) is 0 Å². The van der Waals surface area contributed by atoms with E-state index < -0.39 is 12.1 Å². The van der Waals surface area contributed by atoms with Crippen molar-refractivity contribution in [1.82, 2.24) is 5.32 Å². The Morgan fingerprint density at radius 1 is 0.481 bits per heavy atom. The minimum Gasteiger partial charge on any atom is -0.394 e. The maximum Gasteiger partial charge on any atom is 0.220 e. The van der Waals surface area contributed by atoms with Gasteiger partial charge in [0.15, 0.2) is 0 Å². The molecule has 4 nitrogen and oxygen atoms in total. The number of carbonyl (C=O) groups is 1. The van der Waals surface area contributed by atoms with Crippen molar-refractivity contribution in [2.45, 2.75) is 231 Å². The zero-order valence-electron chi connectivity index (χ0n) is 34.6. The lowest BCUT2D eigenvalue weighted by molar-refractivity contribution is -0.123. The van der Waals surface area contributed by atoms with Gasteiger partial charge in [0, 0.05) is 6.42 Å². The van der Waals surface area contributed by atoms with Crippen LogP contribution in [0.15, 0.2) is 60.8 Å². The fraction of sp³-hybridized carbons (Fsp3) is 0.771. The molecule has 0 fully saturated rings. The van der Waals surface area contributed by atoms with Crippen molar-refractivity contribution < 1.29 is 15.0 Å². The highest BCUT2D eigenvalue weighted by Crippen LogP contribution is 2.16. The molecule has 0 rings (SSSR count). The molecule has 2 unspecified atom stereocenters. The van der Waals surface area contributed by atoms with Crippen LogP contribution in [0, 0.1) is 0 Å². The fourth-order valence-electron chi connectivity index (χ4n) is 6.63. The van der Waals surface area contributed by atoms with Crippen LogP contribution in [0.1, 0.15) is 219 Å². The van der Waals surface area contributed by atoms with Gasteiger partial charge in [-0.05, 0) is 51.4 Å². The van der Waals surface area contributed by atoms with E-state index in [0.717, 1.165) is 57.8 Å². The molecular formula is C48H87NO3. The number of nitrogens with one attached hydrogen (secondary N) is 1. The Balaban J connectivity index is 3.58. The lowest BCUT2D eigenvalue weighted by Gasteiger charge is -2.22. The monoisotopic (exact) mass is 726 g/mol. The van der Waals surface area contributed by atoms with Crippen LogP contribution in [0.25, 0.3) is 0 Å². The maximum absolute atomic E-state index is 12.4. The summed E-state index contributed by atoms with van der Waals surface area (Å²) in [5.41, 5.74) is 0. The fourth-order valence-corrected chi connectivity index (χ4v) is 6.63. The molecule has 0 aromatic heterocycles. The smallest absolute Gasteiger partial charge is 0.220 e. The summed E-state index contributed by atoms with van der Waals surface area (Å²) in [6.07, 6.45) is 60.2. The molecule has 0 heterocycles. The van der Waals surface area contributed by atoms with Gasteiger partial charge in [0.2, 0.25) is 5.91 Å². The zero-order chi connectivity index (χ0) is 37.8. The second-order valence-corrected chi connectivity index (χ2v) is 15.1. The molecule has 0 saturated carbocycles. The van der Waals surface area contributed by atoms with Crippen molar-refractivity contribution in [3.8, 4) is 0 Å². The summed E-state index contributed by atoms with van der Waals surface area (Å²) >= 11 is 0. The van der Waals surface area contributed by atoms with Crippen LogP contribution in [0.3, 0.4) is 0 Å². The summed E-state index contributed by atoms with van der Waals surface area (Å²) in [7, 11) is 0. The van der Waals surface area contributed by atoms with Gasteiger partial charge in [0.1, 0.15) is 0 Å². The third-order valence-electron chi connectivity index (χ3n) is 10.0. The number of aliphatic hydroxyl groups is 2. The van der Waals surface area contributed by atoms with Crippen molar-refractivity contribution in [1.29, 1.82) is 0 Å². The van der Waals surface area contributed by atoms with Crippen molar-refractivity contribution >= 4 is 5.91 Å². The topological polar surface area (TPSA) is 69.6 Å². The summed E-state index contributed by atoms with van der Waals surface area (Å²) in [4.78, 5) is 12.4. The van der Waals surface area contributed by atoms with Gasteiger partial charge in [0.05, 0.1) is 18.8 Å². The molecule has 2 atom stereocenters. The molecule has 52 heavy (non-hydrogen) atoms. The maximum atomic E-state index is 12.4. The van der Waals surface area contributed by atoms with E-state index in [1.807, 2.05) is 0 Å². The quantitative estimate of drug-likeness (QED) is 0.0435. The van der Waals surface area contributed by atoms with Crippen LogP contribution >= 0.6 is 0 Å². The molecule has 1 amide bonds. The first-order valence-electron chi connectivity index (χ1n) is 22.5. The van der Waals surface area contributed by atoms with Gasteiger partial charge in [-0.2, -0.15) is 0 Å². The summed E-state index contributed by atoms with van der Waals surface area (Å²) in [6.45, 7) is 4.22. The number of hydrogen-bond donors (Lipinski definition) is 3. The Morgan fingerprint density at radius 3 is 1.19 bits per heavy atom. The van der Waals surface area contributed by atoms with Gasteiger partial charge in [0.25, 0.3) is 0 Å². The second kappa shape index (κ2) is 43.5. The molecule has 0 bridgehead atoms. The molecule has 302 valence electrons. The van der Waals surface area contributed by atoms with Crippen molar-refractivity contribution in [3.05, 3.63) is 60.8 Å². The van der Waals surface area contributed by atoms with Crippen LogP contribution in [0.2, 0.25) is 0 Å². The van der Waals surface area contributed by atoms with E-state index in [4.69, 9.17) is 0 Å². The highest BCUT2D eigenvalue weighted by molar-refractivity contribution is 5.76. The van der Waals surface area contributed by atoms with E-state index in [9.17, 15) is 15.0 Å². The number of carbonyl (C=O) groups excluding carboxylic acids is 1. The first-order chi connectivity index (χ1) is 25.7. The van der Waals surface area contributed by atoms with Crippen LogP contribution in [0.4, 0.5) is 0 Å². The average Bonchev–Trinajstić information content (AvgIpc) is 3.15. The largest absolute Gasteiger partial charge is 0.394 e. The molecule has 0 aromatic rings. The Bertz CT molecular complexity index is 873. The SMILES string of the molecule is CC/C=C\C/C=C\C/C=C\C/C=C\C/C=C\CCCC(=O)NC(CO)C(O)CCCCCCCCCCCCCCCCCCCCCCCCC. The van der Waals surface area contributed by atoms with Crippen molar-refractivity contribution in [2.75, 3.05) is 6.61 Å². The third kappa shape index (κ3) is 39.3. The minimum atomic E-state index is -0.685. The Kier molecular flexibility index (Phi) is 41.9. The third-order valence-corrected chi connectivity index (χ3v) is 10.0. The number of unbranched alkanes of at least 4 members (excludes halogenated alkanes) is 23. The normalized spacial score (nSPS) is 13.5. The molecule has 0 aliphatic heterocycles. The highest BCUT2D eigenvalue weighted by Gasteiger charge is 2.19. The van der Waals surface area contributed by atoms with Crippen LogP contribution in [-0.2, 0) is 4.79 Å². The summed E-state index contributed by atoms with van der Waals surface area (Å²) < 4.78 is 0. The first kappa shape index (κ1) is 50.1. The number of rotatable bonds is 40. The predicted octanol–water partition coefficient (Wildman–Crippen LogP) is 14.1. The molecule has 0 aliphatic carbocycles. The van der Waals surface area contributed by atoms with Crippen LogP contribution in [0.5, 0.6) is 0 Å². The second-order valence-electron chi connectivity index (χ2n) is 15.1. The Morgan fingerprint density at radius 2 is 0.827 bits per heavy atom. The molecular weight excluding hydrogens is 639 g/mol. The van der Waals surface area contributed by atoms with E-state index >= 15 is 0 Å². The molecule has 4 heteroatoms. The van der Waals surface area contributed by atoms with Crippen LogP contribution in [-0.4, -0.2) is 34.9 Å². The molecule has 0 radical (unpaired) electrons. The zero-order valence-corrected chi connectivity index (χ0v) is 34.6. The standard InChI is InChI=1S/C48H87NO3/c1-3-5-7-9-11-13-15-17-19-21-22-23-24-25-26-28-29-31-33-35-37-39-41-43-47(51)46(45-50)49-48(52)44-42-40-38-36-34-32-30-27-20-18-16-14-12-10-8-6-4-2/h6,8,12,14,18,20,30,32,36,38,46-47,50-51H,3-5,7,9-11,13,15-17,19,21-29,31,33-35,37,39-45H2,1-2H3,(H,49,52)/b8-6-,14-12-,20-18-,32-30-,38-36-. The molecule has 0 spiro atoms. The van der Waals surface area contributed by atoms with E-state index in [2.05, 4.69) is 79.9 Å². The van der Waals surface area contributed by atoms with Crippen molar-refractivity contribution in [2.24, 2.45) is 0 Å². The summed E-state index contributed by atoms with van der Waals surface area (Å²) in [5, 5.41) is 23.1. The van der Waals surface area contributed by atoms with E-state index in [-0.39, 0.29) is 12.5 Å². The molecule has 0 saturated heterocycles. The van der Waals surface area contributed by atoms with Gasteiger partial charge in [-0.1, -0.05) is 222 Å². The molecule has 0 aromatic carbocycles. The minimum absolute atomic E-state index is 0.0882. The Labute approximate surface area is 324 Å². The van der Waals surface area contributed by atoms with Gasteiger partial charge in [-0.25, -0.2) is 0 Å². The summed E-state index contributed by atoms with van der Waals surface area (Å²) in [5.74, 6) is -0.0882. The van der Waals surface area contributed by atoms with Gasteiger partial charge >= 0.3 is 0 Å². The Hall–Kier alpha value is -1.91. The molecule has 0 aliphatic rings. The van der Waals surface area contributed by atoms with Gasteiger partial charge in [-0.15, -0.1) is 0 Å². The number of allylic oxidation sites excluding steroid dienone is 10. The lowest BCUT2D eigenvalue weighted by Crippen LogP contribution is -2.45. The predicted molar refractivity (Wildman–Crippen MR) is 230 cm³/mol. The van der Waals surface area contributed by atoms with E-state index in [0.29, 0.717) is 12.8 Å². The van der Waals surface area contributed by atoms with Crippen LogP contribution < -0.4 is 5.32 Å². The molecule has 3 N–H and O–H groups in total. The van der Waals surface area contributed by atoms with Gasteiger partial charge < -0.3 is 15.5 Å². The average molecular weight is 726 g/mol. The number of hydrogen-bond acceptors (Lipinski definition) is 3. The number of aliphatic hydroxyl groups excluding tert-OH is 2. The van der Waals surface area contributed by atoms with E-state index in [1.165, 1.54) is 135 Å².